The Morgan fingerprint density at radius 3 is 2.57 bits per heavy atom. The van der Waals surface area contributed by atoms with Crippen LogP contribution >= 0.6 is 11.3 Å². The molecule has 0 saturated carbocycles. The number of carbonyl (C=O) groups excluding carboxylic acids is 2. The molecule has 30 heavy (non-hydrogen) atoms. The zero-order chi connectivity index (χ0) is 21.2. The second kappa shape index (κ2) is 11.8. The number of carbonyl (C=O) groups is 2. The summed E-state index contributed by atoms with van der Waals surface area (Å²) in [7, 11) is 0. The molecule has 0 unspecified atom stereocenters. The van der Waals surface area contributed by atoms with Crippen LogP contribution in [0.5, 0.6) is 0 Å². The smallest absolute Gasteiger partial charge is 0.249 e. The van der Waals surface area contributed by atoms with Gasteiger partial charge in [-0.15, -0.1) is 10.2 Å². The minimum atomic E-state index is -0.397. The van der Waals surface area contributed by atoms with Crippen molar-refractivity contribution in [1.29, 1.82) is 0 Å². The third kappa shape index (κ3) is 6.36. The lowest BCUT2D eigenvalue weighted by Gasteiger charge is -2.23. The Bertz CT molecular complexity index is 809. The van der Waals surface area contributed by atoms with Gasteiger partial charge in [-0.1, -0.05) is 87.1 Å². The Hall–Kier alpha value is -2.28. The van der Waals surface area contributed by atoms with E-state index < -0.39 is 6.04 Å². The maximum absolute atomic E-state index is 12.8. The molecule has 1 fully saturated rings. The van der Waals surface area contributed by atoms with Crippen LogP contribution in [0, 0.1) is 0 Å². The molecule has 0 bridgehead atoms. The van der Waals surface area contributed by atoms with Crippen LogP contribution in [0.2, 0.25) is 0 Å². The van der Waals surface area contributed by atoms with Gasteiger partial charge in [0.1, 0.15) is 11.0 Å². The molecular formula is C23H32N4O2S. The number of nitrogens with one attached hydrogen (secondary N) is 1. The lowest BCUT2D eigenvalue weighted by molar-refractivity contribution is -0.136. The minimum Gasteiger partial charge on any atom is -0.331 e. The van der Waals surface area contributed by atoms with Crippen LogP contribution in [0.3, 0.4) is 0 Å². The molecule has 2 aromatic rings. The van der Waals surface area contributed by atoms with Crippen molar-refractivity contribution in [2.24, 2.45) is 0 Å². The summed E-state index contributed by atoms with van der Waals surface area (Å²) in [6, 6.07) is 9.38. The van der Waals surface area contributed by atoms with Crippen LogP contribution in [-0.4, -0.2) is 39.5 Å². The molecule has 0 radical (unpaired) electrons. The molecule has 2 amide bonds. The molecular weight excluding hydrogens is 396 g/mol. The molecule has 1 aliphatic rings. The Morgan fingerprint density at radius 1 is 1.07 bits per heavy atom. The Morgan fingerprint density at radius 2 is 1.80 bits per heavy atom. The number of benzene rings is 1. The fourth-order valence-corrected chi connectivity index (χ4v) is 4.63. The van der Waals surface area contributed by atoms with E-state index in [4.69, 9.17) is 0 Å². The first-order chi connectivity index (χ1) is 14.7. The van der Waals surface area contributed by atoms with Crippen LogP contribution in [0.25, 0.3) is 10.6 Å². The van der Waals surface area contributed by atoms with E-state index in [1.165, 1.54) is 43.4 Å². The number of likely N-dealkylation sites (tertiary alicyclic amines) is 1. The van der Waals surface area contributed by atoms with Gasteiger partial charge >= 0.3 is 0 Å². The van der Waals surface area contributed by atoms with Gasteiger partial charge in [-0.25, -0.2) is 0 Å². The number of rotatable bonds is 11. The van der Waals surface area contributed by atoms with Crippen molar-refractivity contribution in [1.82, 2.24) is 15.1 Å². The third-order valence-corrected chi connectivity index (χ3v) is 6.43. The molecule has 1 saturated heterocycles. The lowest BCUT2D eigenvalue weighted by Crippen LogP contribution is -2.43. The fraction of sp³-hybridized carbons (Fsp3) is 0.565. The first-order valence-electron chi connectivity index (χ1n) is 11.2. The van der Waals surface area contributed by atoms with Crippen LogP contribution in [-0.2, 0) is 9.59 Å². The molecule has 7 heteroatoms. The van der Waals surface area contributed by atoms with Gasteiger partial charge in [0.25, 0.3) is 0 Å². The minimum absolute atomic E-state index is 0.100. The molecule has 162 valence electrons. The normalized spacial score (nSPS) is 16.0. The van der Waals surface area contributed by atoms with Crippen molar-refractivity contribution < 1.29 is 9.59 Å². The number of unbranched alkanes of at least 4 members (excludes halogenated alkanes) is 6. The maximum Gasteiger partial charge on any atom is 0.249 e. The summed E-state index contributed by atoms with van der Waals surface area (Å²) in [5.41, 5.74) is 0.975. The second-order valence-corrected chi connectivity index (χ2v) is 8.86. The van der Waals surface area contributed by atoms with Gasteiger partial charge in [-0.3, -0.25) is 14.9 Å². The molecule has 1 N–H and O–H groups in total. The van der Waals surface area contributed by atoms with Crippen molar-refractivity contribution in [3.8, 4) is 10.6 Å². The van der Waals surface area contributed by atoms with Crippen molar-refractivity contribution in [2.45, 2.75) is 77.2 Å². The zero-order valence-electron chi connectivity index (χ0n) is 17.8. The molecule has 6 nitrogen and oxygen atoms in total. The summed E-state index contributed by atoms with van der Waals surface area (Å²) in [5.74, 6) is -0.0559. The number of nitrogens with zero attached hydrogens (tertiary/aromatic N) is 3. The number of anilines is 1. The molecule has 0 spiro atoms. The van der Waals surface area contributed by atoms with Gasteiger partial charge in [-0.05, 0) is 19.3 Å². The highest BCUT2D eigenvalue weighted by Crippen LogP contribution is 2.27. The van der Waals surface area contributed by atoms with E-state index >= 15 is 0 Å². The second-order valence-electron chi connectivity index (χ2n) is 7.88. The van der Waals surface area contributed by atoms with Crippen LogP contribution in [0.1, 0.15) is 71.1 Å². The standard InChI is InChI=1S/C23H32N4O2S/c1-2-3-4-5-6-7-11-16-20(28)27-17-12-15-19(27)21(29)24-23-26-25-22(30-23)18-13-9-8-10-14-18/h8-10,13-14,19H,2-7,11-12,15-17H2,1H3,(H,24,26,29)/t19-/m0/s1. The predicted molar refractivity (Wildman–Crippen MR) is 121 cm³/mol. The number of hydrogen-bond acceptors (Lipinski definition) is 5. The van der Waals surface area contributed by atoms with Crippen molar-refractivity contribution in [2.75, 3.05) is 11.9 Å². The molecule has 1 aromatic heterocycles. The van der Waals surface area contributed by atoms with E-state index in [0.717, 1.165) is 29.8 Å². The van der Waals surface area contributed by atoms with E-state index in [9.17, 15) is 9.59 Å². The molecule has 0 aliphatic carbocycles. The predicted octanol–water partition coefficient (Wildman–Crippen LogP) is 5.28. The third-order valence-electron chi connectivity index (χ3n) is 5.55. The molecule has 1 aliphatic heterocycles. The van der Waals surface area contributed by atoms with Gasteiger partial charge in [-0.2, -0.15) is 0 Å². The van der Waals surface area contributed by atoms with E-state index in [1.54, 1.807) is 4.90 Å². The molecule has 1 aromatic carbocycles. The first kappa shape index (κ1) is 22.4. The Kier molecular flexibility index (Phi) is 8.81. The summed E-state index contributed by atoms with van der Waals surface area (Å²) in [5, 5.41) is 12.4. The SMILES string of the molecule is CCCCCCCCCC(=O)N1CCC[C@H]1C(=O)Nc1nnc(-c2ccccc2)s1. The highest BCUT2D eigenvalue weighted by Gasteiger charge is 2.34. The van der Waals surface area contributed by atoms with Gasteiger partial charge in [0.05, 0.1) is 0 Å². The molecule has 3 rings (SSSR count). The topological polar surface area (TPSA) is 75.2 Å². The van der Waals surface area contributed by atoms with Gasteiger partial charge in [0, 0.05) is 18.5 Å². The fourth-order valence-electron chi connectivity index (χ4n) is 3.87. The van der Waals surface area contributed by atoms with Gasteiger partial charge in [0.15, 0.2) is 0 Å². The Balaban J connectivity index is 1.46. The largest absolute Gasteiger partial charge is 0.331 e. The summed E-state index contributed by atoms with van der Waals surface area (Å²) >= 11 is 1.35. The average molecular weight is 429 g/mol. The van der Waals surface area contributed by atoms with Crippen LogP contribution in [0.15, 0.2) is 30.3 Å². The highest BCUT2D eigenvalue weighted by molar-refractivity contribution is 7.18. The van der Waals surface area contributed by atoms with Crippen molar-refractivity contribution in [3.63, 3.8) is 0 Å². The number of amides is 2. The van der Waals surface area contributed by atoms with E-state index in [2.05, 4.69) is 22.4 Å². The van der Waals surface area contributed by atoms with Crippen LogP contribution < -0.4 is 5.32 Å². The summed E-state index contributed by atoms with van der Waals surface area (Å²) in [6.07, 6.45) is 10.4. The van der Waals surface area contributed by atoms with Crippen molar-refractivity contribution >= 4 is 28.3 Å². The zero-order valence-corrected chi connectivity index (χ0v) is 18.6. The molecule has 2 heterocycles. The Labute approximate surface area is 183 Å². The quantitative estimate of drug-likeness (QED) is 0.494. The average Bonchev–Trinajstić information content (AvgIpc) is 3.43. The first-order valence-corrected chi connectivity index (χ1v) is 12.0. The van der Waals surface area contributed by atoms with Crippen LogP contribution in [0.4, 0.5) is 5.13 Å². The van der Waals surface area contributed by atoms with Crippen molar-refractivity contribution in [3.05, 3.63) is 30.3 Å². The lowest BCUT2D eigenvalue weighted by atomic mass is 10.1. The van der Waals surface area contributed by atoms with E-state index in [-0.39, 0.29) is 11.8 Å². The highest BCUT2D eigenvalue weighted by atomic mass is 32.1. The number of hydrogen-bond donors (Lipinski definition) is 1. The summed E-state index contributed by atoms with van der Waals surface area (Å²) in [6.45, 7) is 2.88. The van der Waals surface area contributed by atoms with E-state index in [0.29, 0.717) is 24.5 Å². The monoisotopic (exact) mass is 428 g/mol. The van der Waals surface area contributed by atoms with Gasteiger partial charge < -0.3 is 4.90 Å². The van der Waals surface area contributed by atoms with Gasteiger partial charge in [0.2, 0.25) is 16.9 Å². The maximum atomic E-state index is 12.8. The number of aromatic nitrogens is 2. The molecule has 1 atom stereocenters. The van der Waals surface area contributed by atoms with E-state index in [1.807, 2.05) is 30.3 Å². The summed E-state index contributed by atoms with van der Waals surface area (Å²) < 4.78 is 0. The summed E-state index contributed by atoms with van der Waals surface area (Å²) in [4.78, 5) is 27.2.